The van der Waals surface area contributed by atoms with E-state index in [4.69, 9.17) is 5.73 Å². The number of benzene rings is 1. The highest BCUT2D eigenvalue weighted by Gasteiger charge is 2.24. The quantitative estimate of drug-likeness (QED) is 0.742. The van der Waals surface area contributed by atoms with E-state index in [0.717, 1.165) is 10.7 Å². The van der Waals surface area contributed by atoms with E-state index in [1.54, 1.807) is 35.7 Å². The maximum absolute atomic E-state index is 11.9. The number of nitrogens with zero attached hydrogens (tertiary/aromatic N) is 1. The van der Waals surface area contributed by atoms with Gasteiger partial charge in [0, 0.05) is 23.7 Å². The number of thiazole rings is 1. The van der Waals surface area contributed by atoms with Gasteiger partial charge >= 0.3 is 0 Å². The standard InChI is InChI=1S/C15H20N4OS/c1-4-17-13(20)10-5-6-11(16)12(9-10)19-15(2,3)14-18-7-8-21-14/h5-9,19H,4,16H2,1-3H3,(H,17,20). The number of anilines is 2. The maximum Gasteiger partial charge on any atom is 0.251 e. The van der Waals surface area contributed by atoms with E-state index in [1.165, 1.54) is 0 Å². The van der Waals surface area contributed by atoms with Gasteiger partial charge in [-0.1, -0.05) is 0 Å². The van der Waals surface area contributed by atoms with Crippen LogP contribution >= 0.6 is 11.3 Å². The number of hydrogen-bond donors (Lipinski definition) is 3. The van der Waals surface area contributed by atoms with Crippen molar-refractivity contribution in [2.24, 2.45) is 0 Å². The van der Waals surface area contributed by atoms with Crippen LogP contribution in [0.1, 0.15) is 36.1 Å². The fourth-order valence-corrected chi connectivity index (χ4v) is 2.71. The van der Waals surface area contributed by atoms with Gasteiger partial charge in [-0.05, 0) is 39.0 Å². The van der Waals surface area contributed by atoms with Crippen molar-refractivity contribution in [3.63, 3.8) is 0 Å². The second-order valence-electron chi connectivity index (χ2n) is 5.25. The molecule has 5 nitrogen and oxygen atoms in total. The molecule has 2 aromatic rings. The van der Waals surface area contributed by atoms with Gasteiger partial charge in [0.25, 0.3) is 5.91 Å². The van der Waals surface area contributed by atoms with Crippen molar-refractivity contribution in [2.45, 2.75) is 26.3 Å². The summed E-state index contributed by atoms with van der Waals surface area (Å²) in [6.45, 7) is 6.55. The minimum absolute atomic E-state index is 0.104. The minimum Gasteiger partial charge on any atom is -0.397 e. The SMILES string of the molecule is CCNC(=O)c1ccc(N)c(NC(C)(C)c2nccs2)c1. The topological polar surface area (TPSA) is 80.0 Å². The predicted octanol–water partition coefficient (Wildman–Crippen LogP) is 2.82. The molecule has 0 aliphatic heterocycles. The number of nitrogens with two attached hydrogens (primary N) is 1. The van der Waals surface area contributed by atoms with Gasteiger partial charge in [0.1, 0.15) is 5.01 Å². The second-order valence-corrected chi connectivity index (χ2v) is 6.14. The first kappa shape index (κ1) is 15.3. The Hall–Kier alpha value is -2.08. The lowest BCUT2D eigenvalue weighted by Crippen LogP contribution is -2.29. The molecule has 1 aromatic carbocycles. The van der Waals surface area contributed by atoms with Crippen LogP contribution in [-0.4, -0.2) is 17.4 Å². The van der Waals surface area contributed by atoms with E-state index in [0.29, 0.717) is 17.8 Å². The van der Waals surface area contributed by atoms with Crippen LogP contribution in [-0.2, 0) is 5.54 Å². The van der Waals surface area contributed by atoms with Crippen LogP contribution in [0.25, 0.3) is 0 Å². The summed E-state index contributed by atoms with van der Waals surface area (Å²) >= 11 is 1.58. The molecule has 1 amide bonds. The number of amides is 1. The Kier molecular flexibility index (Phi) is 4.47. The monoisotopic (exact) mass is 304 g/mol. The molecule has 0 bridgehead atoms. The van der Waals surface area contributed by atoms with Crippen LogP contribution in [0.15, 0.2) is 29.8 Å². The second kappa shape index (κ2) is 6.13. The maximum atomic E-state index is 11.9. The Morgan fingerprint density at radius 3 is 2.81 bits per heavy atom. The van der Waals surface area contributed by atoms with Crippen molar-refractivity contribution in [3.8, 4) is 0 Å². The van der Waals surface area contributed by atoms with E-state index in [9.17, 15) is 4.79 Å². The van der Waals surface area contributed by atoms with Crippen LogP contribution < -0.4 is 16.4 Å². The molecule has 0 aliphatic rings. The largest absolute Gasteiger partial charge is 0.397 e. The van der Waals surface area contributed by atoms with E-state index >= 15 is 0 Å². The van der Waals surface area contributed by atoms with Crippen molar-refractivity contribution in [2.75, 3.05) is 17.6 Å². The van der Waals surface area contributed by atoms with Gasteiger partial charge in [0.2, 0.25) is 0 Å². The first-order valence-corrected chi connectivity index (χ1v) is 7.68. The first-order chi connectivity index (χ1) is 9.94. The third-order valence-corrected chi connectivity index (χ3v) is 4.16. The Bertz CT molecular complexity index is 623. The minimum atomic E-state index is -0.359. The lowest BCUT2D eigenvalue weighted by molar-refractivity contribution is 0.0956. The lowest BCUT2D eigenvalue weighted by atomic mass is 10.0. The summed E-state index contributed by atoms with van der Waals surface area (Å²) in [6, 6.07) is 5.24. The summed E-state index contributed by atoms with van der Waals surface area (Å²) in [6.07, 6.45) is 1.78. The van der Waals surface area contributed by atoms with Gasteiger partial charge in [-0.2, -0.15) is 0 Å². The van der Waals surface area contributed by atoms with E-state index in [1.807, 2.05) is 26.2 Å². The van der Waals surface area contributed by atoms with Crippen LogP contribution in [0.4, 0.5) is 11.4 Å². The molecular weight excluding hydrogens is 284 g/mol. The summed E-state index contributed by atoms with van der Waals surface area (Å²) in [7, 11) is 0. The van der Waals surface area contributed by atoms with Crippen molar-refractivity contribution < 1.29 is 4.79 Å². The summed E-state index contributed by atoms with van der Waals surface area (Å²) in [5.41, 5.74) is 7.58. The van der Waals surface area contributed by atoms with Crippen LogP contribution in [0, 0.1) is 0 Å². The van der Waals surface area contributed by atoms with Crippen molar-refractivity contribution in [1.82, 2.24) is 10.3 Å². The van der Waals surface area contributed by atoms with E-state index in [-0.39, 0.29) is 11.4 Å². The molecule has 21 heavy (non-hydrogen) atoms. The number of nitrogens with one attached hydrogen (secondary N) is 2. The third-order valence-electron chi connectivity index (χ3n) is 3.07. The van der Waals surface area contributed by atoms with Gasteiger partial charge < -0.3 is 16.4 Å². The zero-order valence-electron chi connectivity index (χ0n) is 12.4. The number of rotatable bonds is 5. The summed E-state index contributed by atoms with van der Waals surface area (Å²) < 4.78 is 0. The molecule has 1 heterocycles. The number of nitrogen functional groups attached to an aromatic ring is 1. The predicted molar refractivity (Wildman–Crippen MR) is 87.6 cm³/mol. The van der Waals surface area contributed by atoms with Crippen molar-refractivity contribution >= 4 is 28.6 Å². The highest BCUT2D eigenvalue weighted by Crippen LogP contribution is 2.30. The Morgan fingerprint density at radius 2 is 2.19 bits per heavy atom. The van der Waals surface area contributed by atoms with Crippen molar-refractivity contribution in [1.29, 1.82) is 0 Å². The Labute approximate surface area is 128 Å². The molecule has 0 atom stereocenters. The van der Waals surface area contributed by atoms with Crippen LogP contribution in [0.5, 0.6) is 0 Å². The van der Waals surface area contributed by atoms with E-state index in [2.05, 4.69) is 15.6 Å². The zero-order chi connectivity index (χ0) is 15.5. The molecular formula is C15H20N4OS. The molecule has 0 saturated carbocycles. The third kappa shape index (κ3) is 3.52. The van der Waals surface area contributed by atoms with Gasteiger partial charge in [0.15, 0.2) is 0 Å². The van der Waals surface area contributed by atoms with Crippen LogP contribution in [0.3, 0.4) is 0 Å². The smallest absolute Gasteiger partial charge is 0.251 e. The summed E-state index contributed by atoms with van der Waals surface area (Å²) in [4.78, 5) is 16.2. The number of carbonyl (C=O) groups excluding carboxylic acids is 1. The fourth-order valence-electron chi connectivity index (χ4n) is 1.99. The molecule has 1 aromatic heterocycles. The number of hydrogen-bond acceptors (Lipinski definition) is 5. The molecule has 2 rings (SSSR count). The fraction of sp³-hybridized carbons (Fsp3) is 0.333. The molecule has 0 unspecified atom stereocenters. The molecule has 0 aliphatic carbocycles. The van der Waals surface area contributed by atoms with Gasteiger partial charge in [-0.15, -0.1) is 11.3 Å². The molecule has 4 N–H and O–H groups in total. The summed E-state index contributed by atoms with van der Waals surface area (Å²) in [5, 5.41) is 9.05. The van der Waals surface area contributed by atoms with Crippen molar-refractivity contribution in [3.05, 3.63) is 40.3 Å². The molecule has 0 saturated heterocycles. The average molecular weight is 304 g/mol. The Balaban J connectivity index is 2.27. The van der Waals surface area contributed by atoms with Gasteiger partial charge in [-0.3, -0.25) is 4.79 Å². The summed E-state index contributed by atoms with van der Waals surface area (Å²) in [5.74, 6) is -0.104. The van der Waals surface area contributed by atoms with Gasteiger partial charge in [0.05, 0.1) is 16.9 Å². The average Bonchev–Trinajstić information content (AvgIpc) is 2.96. The molecule has 6 heteroatoms. The Morgan fingerprint density at radius 1 is 1.43 bits per heavy atom. The number of aromatic nitrogens is 1. The highest BCUT2D eigenvalue weighted by atomic mass is 32.1. The van der Waals surface area contributed by atoms with E-state index < -0.39 is 0 Å². The normalized spacial score (nSPS) is 11.2. The zero-order valence-corrected chi connectivity index (χ0v) is 13.3. The molecule has 112 valence electrons. The van der Waals surface area contributed by atoms with Crippen LogP contribution in [0.2, 0.25) is 0 Å². The molecule has 0 fully saturated rings. The van der Waals surface area contributed by atoms with Gasteiger partial charge in [-0.25, -0.2) is 4.98 Å². The highest BCUT2D eigenvalue weighted by molar-refractivity contribution is 7.09. The molecule has 0 radical (unpaired) electrons. The lowest BCUT2D eigenvalue weighted by Gasteiger charge is -2.26. The first-order valence-electron chi connectivity index (χ1n) is 6.80. The number of carbonyl (C=O) groups is 1. The molecule has 0 spiro atoms.